The Balaban J connectivity index is 1.82. The Morgan fingerprint density at radius 2 is 2.27 bits per heavy atom. The minimum atomic E-state index is 0.320. The summed E-state index contributed by atoms with van der Waals surface area (Å²) in [5.41, 5.74) is 1.06. The van der Waals surface area contributed by atoms with Crippen molar-refractivity contribution in [3.63, 3.8) is 0 Å². The van der Waals surface area contributed by atoms with E-state index in [0.29, 0.717) is 24.7 Å². The zero-order valence-corrected chi connectivity index (χ0v) is 8.78. The van der Waals surface area contributed by atoms with Gasteiger partial charge in [-0.15, -0.1) is 0 Å². The van der Waals surface area contributed by atoms with Crippen molar-refractivity contribution in [2.75, 3.05) is 6.54 Å². The average Bonchev–Trinajstić information content (AvgIpc) is 2.71. The summed E-state index contributed by atoms with van der Waals surface area (Å²) < 4.78 is 0. The maximum atomic E-state index is 11.7. The minimum absolute atomic E-state index is 0.320. The first-order valence-electron chi connectivity index (χ1n) is 5.48. The van der Waals surface area contributed by atoms with Crippen LogP contribution in [-0.4, -0.2) is 23.4 Å². The summed E-state index contributed by atoms with van der Waals surface area (Å²) in [5.74, 6) is 0.320. The van der Waals surface area contributed by atoms with Gasteiger partial charge in [0, 0.05) is 31.3 Å². The fourth-order valence-corrected chi connectivity index (χ4v) is 2.01. The smallest absolute Gasteiger partial charge is 0.138 e. The second kappa shape index (κ2) is 5.03. The molecule has 0 spiro atoms. The van der Waals surface area contributed by atoms with Gasteiger partial charge in [-0.25, -0.2) is 0 Å². The fourth-order valence-electron chi connectivity index (χ4n) is 2.01. The molecule has 3 heteroatoms. The SMILES string of the molecule is O=C(Cc1ccncc1)CC1CCCN1. The number of nitrogens with one attached hydrogen (secondary N) is 1. The molecule has 1 aromatic rings. The first kappa shape index (κ1) is 10.3. The lowest BCUT2D eigenvalue weighted by molar-refractivity contribution is -0.118. The maximum Gasteiger partial charge on any atom is 0.138 e. The van der Waals surface area contributed by atoms with E-state index in [1.807, 2.05) is 12.1 Å². The highest BCUT2D eigenvalue weighted by Crippen LogP contribution is 2.10. The molecule has 2 rings (SSSR count). The number of carbonyl (C=O) groups excluding carboxylic acids is 1. The highest BCUT2D eigenvalue weighted by Gasteiger charge is 2.17. The van der Waals surface area contributed by atoms with E-state index < -0.39 is 0 Å². The van der Waals surface area contributed by atoms with E-state index in [4.69, 9.17) is 0 Å². The van der Waals surface area contributed by atoms with Crippen molar-refractivity contribution in [1.29, 1.82) is 0 Å². The molecule has 0 bridgehead atoms. The van der Waals surface area contributed by atoms with Crippen LogP contribution in [0.15, 0.2) is 24.5 Å². The number of hydrogen-bond donors (Lipinski definition) is 1. The fraction of sp³-hybridized carbons (Fsp3) is 0.500. The van der Waals surface area contributed by atoms with E-state index in [9.17, 15) is 4.79 Å². The number of ketones is 1. The van der Waals surface area contributed by atoms with Gasteiger partial charge < -0.3 is 5.32 Å². The molecule has 1 aromatic heterocycles. The molecule has 3 nitrogen and oxygen atoms in total. The third-order valence-electron chi connectivity index (χ3n) is 2.79. The highest BCUT2D eigenvalue weighted by atomic mass is 16.1. The van der Waals surface area contributed by atoms with Crippen molar-refractivity contribution in [3.8, 4) is 0 Å². The maximum absolute atomic E-state index is 11.7. The van der Waals surface area contributed by atoms with Crippen LogP contribution < -0.4 is 5.32 Å². The highest BCUT2D eigenvalue weighted by molar-refractivity contribution is 5.81. The minimum Gasteiger partial charge on any atom is -0.314 e. The topological polar surface area (TPSA) is 42.0 Å². The Kier molecular flexibility index (Phi) is 3.45. The number of pyridine rings is 1. The first-order chi connectivity index (χ1) is 7.34. The van der Waals surface area contributed by atoms with Crippen LogP contribution in [0.2, 0.25) is 0 Å². The van der Waals surface area contributed by atoms with Crippen molar-refractivity contribution >= 4 is 5.78 Å². The first-order valence-corrected chi connectivity index (χ1v) is 5.48. The van der Waals surface area contributed by atoms with Gasteiger partial charge >= 0.3 is 0 Å². The van der Waals surface area contributed by atoms with Crippen molar-refractivity contribution in [3.05, 3.63) is 30.1 Å². The van der Waals surface area contributed by atoms with E-state index in [2.05, 4.69) is 10.3 Å². The van der Waals surface area contributed by atoms with Gasteiger partial charge in [0.25, 0.3) is 0 Å². The number of Topliss-reactive ketones (excluding diaryl/α,β-unsaturated/α-hetero) is 1. The van der Waals surface area contributed by atoms with Crippen LogP contribution in [0, 0.1) is 0 Å². The predicted octanol–water partition coefficient (Wildman–Crippen LogP) is 1.34. The zero-order valence-electron chi connectivity index (χ0n) is 8.78. The summed E-state index contributed by atoms with van der Waals surface area (Å²) in [6, 6.07) is 4.22. The number of nitrogens with zero attached hydrogens (tertiary/aromatic N) is 1. The molecule has 1 unspecified atom stereocenters. The summed E-state index contributed by atoms with van der Waals surface area (Å²) in [5, 5.41) is 3.34. The summed E-state index contributed by atoms with van der Waals surface area (Å²) in [4.78, 5) is 15.6. The Labute approximate surface area is 89.9 Å². The lowest BCUT2D eigenvalue weighted by Gasteiger charge is -2.08. The van der Waals surface area contributed by atoms with Gasteiger partial charge in [-0.1, -0.05) is 0 Å². The van der Waals surface area contributed by atoms with E-state index in [-0.39, 0.29) is 0 Å². The molecule has 0 aliphatic carbocycles. The van der Waals surface area contributed by atoms with Crippen molar-refractivity contribution in [2.45, 2.75) is 31.7 Å². The van der Waals surface area contributed by atoms with Crippen LogP contribution in [0.5, 0.6) is 0 Å². The van der Waals surface area contributed by atoms with Gasteiger partial charge in [0.15, 0.2) is 0 Å². The molecule has 0 saturated carbocycles. The number of carbonyl (C=O) groups is 1. The average molecular weight is 204 g/mol. The van der Waals surface area contributed by atoms with Crippen LogP contribution in [0.25, 0.3) is 0 Å². The molecule has 0 amide bonds. The molecule has 1 aliphatic rings. The van der Waals surface area contributed by atoms with E-state index >= 15 is 0 Å². The molecule has 0 radical (unpaired) electrons. The van der Waals surface area contributed by atoms with Crippen LogP contribution in [0.1, 0.15) is 24.8 Å². The van der Waals surface area contributed by atoms with Gasteiger partial charge in [-0.05, 0) is 37.1 Å². The normalized spacial score (nSPS) is 20.4. The van der Waals surface area contributed by atoms with Gasteiger partial charge in [-0.3, -0.25) is 9.78 Å². The third-order valence-corrected chi connectivity index (χ3v) is 2.79. The Morgan fingerprint density at radius 3 is 2.93 bits per heavy atom. The van der Waals surface area contributed by atoms with Gasteiger partial charge in [-0.2, -0.15) is 0 Å². The molecular formula is C12H16N2O. The molecule has 1 N–H and O–H groups in total. The van der Waals surface area contributed by atoms with Gasteiger partial charge in [0.1, 0.15) is 5.78 Å². The van der Waals surface area contributed by atoms with E-state index in [0.717, 1.165) is 18.5 Å². The predicted molar refractivity (Wildman–Crippen MR) is 58.6 cm³/mol. The third kappa shape index (κ3) is 3.13. The molecule has 1 saturated heterocycles. The molecule has 15 heavy (non-hydrogen) atoms. The van der Waals surface area contributed by atoms with Crippen molar-refractivity contribution in [2.24, 2.45) is 0 Å². The number of rotatable bonds is 4. The monoisotopic (exact) mass is 204 g/mol. The summed E-state index contributed by atoms with van der Waals surface area (Å²) in [7, 11) is 0. The van der Waals surface area contributed by atoms with Gasteiger partial charge in [0.05, 0.1) is 0 Å². The lowest BCUT2D eigenvalue weighted by atomic mass is 10.0. The van der Waals surface area contributed by atoms with E-state index in [1.165, 1.54) is 6.42 Å². The van der Waals surface area contributed by atoms with E-state index in [1.54, 1.807) is 12.4 Å². The molecule has 1 aliphatic heterocycles. The number of aromatic nitrogens is 1. The Bertz CT molecular complexity index is 318. The van der Waals surface area contributed by atoms with Crippen molar-refractivity contribution < 1.29 is 4.79 Å². The molecule has 1 atom stereocenters. The molecule has 1 fully saturated rings. The summed E-state index contributed by atoms with van der Waals surface area (Å²) in [6.45, 7) is 1.06. The van der Waals surface area contributed by atoms with Crippen LogP contribution >= 0.6 is 0 Å². The molecular weight excluding hydrogens is 188 g/mol. The standard InChI is InChI=1S/C12H16N2O/c15-12(9-11-2-1-5-14-11)8-10-3-6-13-7-4-10/h3-4,6-7,11,14H,1-2,5,8-9H2. The Morgan fingerprint density at radius 1 is 1.47 bits per heavy atom. The van der Waals surface area contributed by atoms with Crippen LogP contribution in [-0.2, 0) is 11.2 Å². The largest absolute Gasteiger partial charge is 0.314 e. The van der Waals surface area contributed by atoms with Gasteiger partial charge in [0.2, 0.25) is 0 Å². The molecule has 80 valence electrons. The quantitative estimate of drug-likeness (QED) is 0.804. The second-order valence-electron chi connectivity index (χ2n) is 4.07. The molecule has 2 heterocycles. The molecule has 0 aromatic carbocycles. The van der Waals surface area contributed by atoms with Crippen LogP contribution in [0.4, 0.5) is 0 Å². The number of hydrogen-bond acceptors (Lipinski definition) is 3. The lowest BCUT2D eigenvalue weighted by Crippen LogP contribution is -2.25. The zero-order chi connectivity index (χ0) is 10.5. The summed E-state index contributed by atoms with van der Waals surface area (Å²) in [6.07, 6.45) is 7.02. The van der Waals surface area contributed by atoms with Crippen LogP contribution in [0.3, 0.4) is 0 Å². The second-order valence-corrected chi connectivity index (χ2v) is 4.07. The summed E-state index contributed by atoms with van der Waals surface area (Å²) >= 11 is 0. The Hall–Kier alpha value is -1.22. The van der Waals surface area contributed by atoms with Crippen molar-refractivity contribution in [1.82, 2.24) is 10.3 Å².